The first-order valence-electron chi connectivity index (χ1n) is 9.49. The van der Waals surface area contributed by atoms with Crippen LogP contribution in [0.2, 0.25) is 0 Å². The number of ether oxygens (including phenoxy) is 1. The lowest BCUT2D eigenvalue weighted by atomic mass is 9.87. The number of nitrogens with one attached hydrogen (secondary N) is 2. The second kappa shape index (κ2) is 8.86. The molecule has 2 N–H and O–H groups in total. The van der Waals surface area contributed by atoms with Crippen LogP contribution in [0.15, 0.2) is 42.5 Å². The molecule has 26 heavy (non-hydrogen) atoms. The molecule has 1 unspecified atom stereocenters. The molecule has 0 bridgehead atoms. The van der Waals surface area contributed by atoms with E-state index in [4.69, 9.17) is 4.74 Å². The average Bonchev–Trinajstić information content (AvgIpc) is 2.70. The summed E-state index contributed by atoms with van der Waals surface area (Å²) in [5, 5.41) is 6.60. The van der Waals surface area contributed by atoms with Gasteiger partial charge in [-0.25, -0.2) is 0 Å². The molecular weight excluding hydrogens is 324 g/mol. The Morgan fingerprint density at radius 3 is 2.88 bits per heavy atom. The lowest BCUT2D eigenvalue weighted by molar-refractivity contribution is 0.0953. The monoisotopic (exact) mass is 352 g/mol. The Kier molecular flexibility index (Phi) is 6.29. The van der Waals surface area contributed by atoms with Crippen LogP contribution in [0.5, 0.6) is 5.75 Å². The van der Waals surface area contributed by atoms with Gasteiger partial charge >= 0.3 is 0 Å². The molecule has 0 saturated heterocycles. The van der Waals surface area contributed by atoms with Gasteiger partial charge in [-0.05, 0) is 60.6 Å². The van der Waals surface area contributed by atoms with Crippen molar-refractivity contribution in [3.8, 4) is 5.75 Å². The van der Waals surface area contributed by atoms with Gasteiger partial charge in [-0.2, -0.15) is 0 Å². The van der Waals surface area contributed by atoms with E-state index in [2.05, 4.69) is 35.8 Å². The van der Waals surface area contributed by atoms with Crippen molar-refractivity contribution in [2.24, 2.45) is 0 Å². The Hall–Kier alpha value is -2.33. The van der Waals surface area contributed by atoms with Gasteiger partial charge in [0.1, 0.15) is 5.75 Å². The first kappa shape index (κ1) is 18.5. The van der Waals surface area contributed by atoms with Crippen molar-refractivity contribution in [2.75, 3.05) is 13.7 Å². The Morgan fingerprint density at radius 2 is 2.08 bits per heavy atom. The van der Waals surface area contributed by atoms with Gasteiger partial charge in [-0.15, -0.1) is 0 Å². The highest BCUT2D eigenvalue weighted by Gasteiger charge is 2.22. The van der Waals surface area contributed by atoms with E-state index in [-0.39, 0.29) is 5.91 Å². The topological polar surface area (TPSA) is 50.4 Å². The van der Waals surface area contributed by atoms with Crippen LogP contribution >= 0.6 is 0 Å². The van der Waals surface area contributed by atoms with Crippen molar-refractivity contribution in [2.45, 2.75) is 45.2 Å². The summed E-state index contributed by atoms with van der Waals surface area (Å²) in [6, 6.07) is 14.5. The van der Waals surface area contributed by atoms with Gasteiger partial charge in [-0.1, -0.05) is 31.2 Å². The fourth-order valence-electron chi connectivity index (χ4n) is 3.62. The number of hydrogen-bond acceptors (Lipinski definition) is 3. The van der Waals surface area contributed by atoms with Crippen LogP contribution < -0.4 is 15.4 Å². The van der Waals surface area contributed by atoms with Crippen LogP contribution in [0.3, 0.4) is 0 Å². The van der Waals surface area contributed by atoms with E-state index in [9.17, 15) is 4.79 Å². The summed E-state index contributed by atoms with van der Waals surface area (Å²) in [7, 11) is 1.74. The third-order valence-corrected chi connectivity index (χ3v) is 4.96. The maximum atomic E-state index is 12.2. The minimum Gasteiger partial charge on any atom is -0.496 e. The number of carbonyl (C=O) groups excluding carboxylic acids is 1. The molecule has 1 aliphatic rings. The van der Waals surface area contributed by atoms with Crippen LogP contribution in [0.25, 0.3) is 0 Å². The highest BCUT2D eigenvalue weighted by Crippen LogP contribution is 2.35. The summed E-state index contributed by atoms with van der Waals surface area (Å²) in [6.45, 7) is 3.51. The first-order valence-corrected chi connectivity index (χ1v) is 9.49. The van der Waals surface area contributed by atoms with E-state index in [1.54, 1.807) is 7.11 Å². The molecule has 1 aliphatic carbocycles. The average molecular weight is 352 g/mol. The minimum absolute atomic E-state index is 0.00134. The fourth-order valence-corrected chi connectivity index (χ4v) is 3.62. The highest BCUT2D eigenvalue weighted by molar-refractivity contribution is 5.94. The molecule has 0 spiro atoms. The zero-order chi connectivity index (χ0) is 18.4. The fraction of sp³-hybridized carbons (Fsp3) is 0.409. The Bertz CT molecular complexity index is 758. The normalized spacial score (nSPS) is 16.0. The largest absolute Gasteiger partial charge is 0.496 e. The zero-order valence-electron chi connectivity index (χ0n) is 15.7. The highest BCUT2D eigenvalue weighted by atomic mass is 16.5. The molecule has 0 aliphatic heterocycles. The summed E-state index contributed by atoms with van der Waals surface area (Å²) in [5.41, 5.74) is 4.52. The molecule has 0 fully saturated rings. The van der Waals surface area contributed by atoms with Crippen molar-refractivity contribution in [3.05, 3.63) is 64.7 Å². The molecule has 138 valence electrons. The smallest absolute Gasteiger partial charge is 0.251 e. The van der Waals surface area contributed by atoms with Gasteiger partial charge in [0, 0.05) is 24.7 Å². The molecule has 3 rings (SSSR count). The maximum absolute atomic E-state index is 12.2. The second-order valence-corrected chi connectivity index (χ2v) is 6.81. The summed E-state index contributed by atoms with van der Waals surface area (Å²) in [6.07, 6.45) is 4.30. The van der Waals surface area contributed by atoms with E-state index in [0.717, 1.165) is 49.1 Å². The summed E-state index contributed by atoms with van der Waals surface area (Å²) >= 11 is 0. The second-order valence-electron chi connectivity index (χ2n) is 6.81. The van der Waals surface area contributed by atoms with Gasteiger partial charge in [0.05, 0.1) is 7.11 Å². The molecule has 0 heterocycles. The van der Waals surface area contributed by atoms with Gasteiger partial charge in [0.15, 0.2) is 0 Å². The van der Waals surface area contributed by atoms with E-state index in [1.807, 2.05) is 24.3 Å². The number of rotatable bonds is 7. The van der Waals surface area contributed by atoms with E-state index in [0.29, 0.717) is 12.6 Å². The standard InChI is InChI=1S/C22H28N2O2/c1-3-13-23-22(25)17-8-4-7-16(14-17)15-24-20-11-5-10-19-18(20)9-6-12-21(19)26-2/h4,6-9,12,14,20,24H,3,5,10-11,13,15H2,1-2H3,(H,23,25). The van der Waals surface area contributed by atoms with Gasteiger partial charge < -0.3 is 15.4 Å². The molecule has 1 atom stereocenters. The third-order valence-electron chi connectivity index (χ3n) is 4.96. The number of carbonyl (C=O) groups is 1. The molecule has 0 radical (unpaired) electrons. The zero-order valence-corrected chi connectivity index (χ0v) is 15.7. The van der Waals surface area contributed by atoms with Gasteiger partial charge in [-0.3, -0.25) is 4.79 Å². The van der Waals surface area contributed by atoms with Gasteiger partial charge in [0.25, 0.3) is 5.91 Å². The van der Waals surface area contributed by atoms with Crippen molar-refractivity contribution in [3.63, 3.8) is 0 Å². The van der Waals surface area contributed by atoms with Crippen molar-refractivity contribution in [1.29, 1.82) is 0 Å². The SMILES string of the molecule is CCCNC(=O)c1cccc(CNC2CCCc3c(OC)cccc32)c1. The van der Waals surface area contributed by atoms with Crippen LogP contribution in [0.1, 0.15) is 59.3 Å². The summed E-state index contributed by atoms with van der Waals surface area (Å²) < 4.78 is 5.53. The Labute approximate surface area is 156 Å². The number of methoxy groups -OCH3 is 1. The summed E-state index contributed by atoms with van der Waals surface area (Å²) in [5.74, 6) is 0.991. The number of amides is 1. The van der Waals surface area contributed by atoms with Crippen LogP contribution in [-0.4, -0.2) is 19.6 Å². The summed E-state index contributed by atoms with van der Waals surface area (Å²) in [4.78, 5) is 12.2. The van der Waals surface area contributed by atoms with E-state index >= 15 is 0 Å². The Morgan fingerprint density at radius 1 is 1.23 bits per heavy atom. The third kappa shape index (κ3) is 4.25. The van der Waals surface area contributed by atoms with Gasteiger partial charge in [0.2, 0.25) is 0 Å². The first-order chi connectivity index (χ1) is 12.7. The number of benzene rings is 2. The Balaban J connectivity index is 1.68. The lowest BCUT2D eigenvalue weighted by Gasteiger charge is -2.28. The molecule has 2 aromatic carbocycles. The predicted molar refractivity (Wildman–Crippen MR) is 105 cm³/mol. The molecule has 0 saturated carbocycles. The predicted octanol–water partition coefficient (Wildman–Crippen LogP) is 4.00. The molecule has 0 aromatic heterocycles. The molecule has 2 aromatic rings. The van der Waals surface area contributed by atoms with E-state index < -0.39 is 0 Å². The maximum Gasteiger partial charge on any atom is 0.251 e. The lowest BCUT2D eigenvalue weighted by Crippen LogP contribution is -2.26. The molecular formula is C22H28N2O2. The molecule has 1 amide bonds. The number of fused-ring (bicyclic) bond motifs is 1. The molecule has 4 heteroatoms. The van der Waals surface area contributed by atoms with Crippen LogP contribution in [0, 0.1) is 0 Å². The van der Waals surface area contributed by atoms with E-state index in [1.165, 1.54) is 11.1 Å². The van der Waals surface area contributed by atoms with Crippen molar-refractivity contribution >= 4 is 5.91 Å². The van der Waals surface area contributed by atoms with Crippen LogP contribution in [0.4, 0.5) is 0 Å². The van der Waals surface area contributed by atoms with Crippen molar-refractivity contribution < 1.29 is 9.53 Å². The number of hydrogen-bond donors (Lipinski definition) is 2. The minimum atomic E-state index is 0.00134. The van der Waals surface area contributed by atoms with Crippen molar-refractivity contribution in [1.82, 2.24) is 10.6 Å². The quantitative estimate of drug-likeness (QED) is 0.792. The van der Waals surface area contributed by atoms with Crippen LogP contribution in [-0.2, 0) is 13.0 Å². The molecule has 4 nitrogen and oxygen atoms in total.